The molecular formula is C12H17NO2S. The molecule has 1 rings (SSSR count). The summed E-state index contributed by atoms with van der Waals surface area (Å²) in [7, 11) is 1.35. The van der Waals surface area contributed by atoms with Crippen LogP contribution in [-0.4, -0.2) is 25.0 Å². The van der Waals surface area contributed by atoms with E-state index in [4.69, 9.17) is 0 Å². The van der Waals surface area contributed by atoms with Crippen molar-refractivity contribution in [2.45, 2.75) is 18.1 Å². The van der Waals surface area contributed by atoms with Crippen molar-refractivity contribution in [2.24, 2.45) is 0 Å². The topological polar surface area (TPSA) is 38.3 Å². The molecule has 0 aliphatic rings. The minimum Gasteiger partial charge on any atom is -0.453 e. The summed E-state index contributed by atoms with van der Waals surface area (Å²) >= 11 is 4.40. The van der Waals surface area contributed by atoms with Gasteiger partial charge in [-0.05, 0) is 18.4 Å². The Labute approximate surface area is 102 Å². The number of rotatable bonds is 5. The Morgan fingerprint density at radius 3 is 2.75 bits per heavy atom. The van der Waals surface area contributed by atoms with Crippen molar-refractivity contribution in [2.75, 3.05) is 13.7 Å². The molecule has 0 radical (unpaired) electrons. The fourth-order valence-corrected chi connectivity index (χ4v) is 1.57. The number of hydrogen-bond acceptors (Lipinski definition) is 3. The van der Waals surface area contributed by atoms with Gasteiger partial charge in [-0.15, -0.1) is 0 Å². The van der Waals surface area contributed by atoms with Gasteiger partial charge in [-0.25, -0.2) is 4.79 Å². The molecule has 1 N–H and O–H groups in total. The third-order valence-electron chi connectivity index (χ3n) is 2.28. The molecule has 0 fully saturated rings. The van der Waals surface area contributed by atoms with E-state index in [9.17, 15) is 4.79 Å². The van der Waals surface area contributed by atoms with Gasteiger partial charge in [0, 0.05) is 11.8 Å². The number of amides is 1. The number of thiol groups is 1. The summed E-state index contributed by atoms with van der Waals surface area (Å²) in [5, 5.41) is 2.78. The molecule has 88 valence electrons. The van der Waals surface area contributed by atoms with E-state index in [0.29, 0.717) is 6.54 Å². The van der Waals surface area contributed by atoms with Crippen LogP contribution in [0, 0.1) is 0 Å². The average Bonchev–Trinajstić information content (AvgIpc) is 2.34. The monoisotopic (exact) mass is 239 g/mol. The number of methoxy groups -OCH3 is 1. The fraction of sp³-hybridized carbons (Fsp3) is 0.417. The van der Waals surface area contributed by atoms with E-state index < -0.39 is 6.09 Å². The number of alkyl carbamates (subject to hydrolysis) is 1. The molecule has 1 amide bonds. The molecule has 4 heteroatoms. The Hall–Kier alpha value is -1.16. The van der Waals surface area contributed by atoms with E-state index in [1.54, 1.807) is 0 Å². The summed E-state index contributed by atoms with van der Waals surface area (Å²) in [6, 6.07) is 10.2. The molecular weight excluding hydrogens is 222 g/mol. The lowest BCUT2D eigenvalue weighted by molar-refractivity contribution is 0.171. The predicted molar refractivity (Wildman–Crippen MR) is 67.9 cm³/mol. The van der Waals surface area contributed by atoms with Crippen LogP contribution in [0.15, 0.2) is 30.3 Å². The first kappa shape index (κ1) is 12.9. The van der Waals surface area contributed by atoms with Crippen LogP contribution >= 0.6 is 12.6 Å². The molecule has 0 bridgehead atoms. The number of benzene rings is 1. The van der Waals surface area contributed by atoms with E-state index >= 15 is 0 Å². The van der Waals surface area contributed by atoms with Crippen molar-refractivity contribution in [1.82, 2.24) is 5.32 Å². The van der Waals surface area contributed by atoms with Gasteiger partial charge in [0.25, 0.3) is 0 Å². The summed E-state index contributed by atoms with van der Waals surface area (Å²) in [6.45, 7) is 0.530. The highest BCUT2D eigenvalue weighted by molar-refractivity contribution is 7.81. The lowest BCUT2D eigenvalue weighted by atomic mass is 10.1. The van der Waals surface area contributed by atoms with Gasteiger partial charge in [-0.3, -0.25) is 0 Å². The van der Waals surface area contributed by atoms with E-state index in [1.165, 1.54) is 12.7 Å². The van der Waals surface area contributed by atoms with Crippen molar-refractivity contribution < 1.29 is 9.53 Å². The Bertz CT molecular complexity index is 316. The Morgan fingerprint density at radius 1 is 1.44 bits per heavy atom. The molecule has 1 aromatic carbocycles. The maximum atomic E-state index is 10.8. The zero-order valence-electron chi connectivity index (χ0n) is 9.35. The second kappa shape index (κ2) is 7.17. The van der Waals surface area contributed by atoms with Gasteiger partial charge in [0.05, 0.1) is 7.11 Å². The SMILES string of the molecule is COC(=O)NC[C@@H](S)CCc1ccccc1. The first-order chi connectivity index (χ1) is 7.72. The number of carbonyl (C=O) groups excluding carboxylic acids is 1. The van der Waals surface area contributed by atoms with Crippen molar-refractivity contribution >= 4 is 18.7 Å². The molecule has 0 saturated heterocycles. The largest absolute Gasteiger partial charge is 0.453 e. The van der Waals surface area contributed by atoms with Gasteiger partial charge in [0.2, 0.25) is 0 Å². The van der Waals surface area contributed by atoms with Crippen LogP contribution < -0.4 is 5.32 Å². The minimum atomic E-state index is -0.404. The average molecular weight is 239 g/mol. The highest BCUT2D eigenvalue weighted by atomic mass is 32.1. The van der Waals surface area contributed by atoms with Gasteiger partial charge in [0.1, 0.15) is 0 Å². The maximum absolute atomic E-state index is 10.8. The molecule has 0 saturated carbocycles. The van der Waals surface area contributed by atoms with Crippen molar-refractivity contribution in [3.05, 3.63) is 35.9 Å². The second-order valence-electron chi connectivity index (χ2n) is 3.55. The Kier molecular flexibility index (Phi) is 5.78. The number of ether oxygens (including phenoxy) is 1. The van der Waals surface area contributed by atoms with Crippen LogP contribution in [0.2, 0.25) is 0 Å². The molecule has 0 aliphatic carbocycles. The molecule has 0 heterocycles. The molecule has 0 aromatic heterocycles. The van der Waals surface area contributed by atoms with Gasteiger partial charge < -0.3 is 10.1 Å². The first-order valence-electron chi connectivity index (χ1n) is 5.26. The summed E-state index contributed by atoms with van der Waals surface area (Å²) < 4.78 is 4.48. The van der Waals surface area contributed by atoms with Crippen molar-refractivity contribution in [3.8, 4) is 0 Å². The van der Waals surface area contributed by atoms with E-state index in [1.807, 2.05) is 18.2 Å². The summed E-state index contributed by atoms with van der Waals surface area (Å²) in [5.74, 6) is 0. The Balaban J connectivity index is 2.20. The zero-order chi connectivity index (χ0) is 11.8. The lowest BCUT2D eigenvalue weighted by Gasteiger charge is -2.11. The van der Waals surface area contributed by atoms with Crippen LogP contribution in [0.3, 0.4) is 0 Å². The fourth-order valence-electron chi connectivity index (χ4n) is 1.35. The molecule has 1 aromatic rings. The minimum absolute atomic E-state index is 0.152. The third-order valence-corrected chi connectivity index (χ3v) is 2.72. The number of aryl methyl sites for hydroxylation is 1. The third kappa shape index (κ3) is 5.07. The first-order valence-corrected chi connectivity index (χ1v) is 5.78. The van der Waals surface area contributed by atoms with Crippen LogP contribution in [0.1, 0.15) is 12.0 Å². The molecule has 1 atom stereocenters. The van der Waals surface area contributed by atoms with E-state index in [2.05, 4.69) is 34.8 Å². The molecule has 0 aliphatic heterocycles. The highest BCUT2D eigenvalue weighted by Crippen LogP contribution is 2.08. The summed E-state index contributed by atoms with van der Waals surface area (Å²) in [6.07, 6.45) is 1.49. The molecule has 16 heavy (non-hydrogen) atoms. The zero-order valence-corrected chi connectivity index (χ0v) is 10.2. The second-order valence-corrected chi connectivity index (χ2v) is 4.28. The van der Waals surface area contributed by atoms with Crippen LogP contribution in [0.25, 0.3) is 0 Å². The smallest absolute Gasteiger partial charge is 0.406 e. The summed E-state index contributed by atoms with van der Waals surface area (Å²) in [4.78, 5) is 10.8. The quantitative estimate of drug-likeness (QED) is 0.774. The number of nitrogens with one attached hydrogen (secondary N) is 1. The normalized spacial score (nSPS) is 11.9. The summed E-state index contributed by atoms with van der Waals surface area (Å²) in [5.41, 5.74) is 1.29. The van der Waals surface area contributed by atoms with E-state index in [0.717, 1.165) is 12.8 Å². The van der Waals surface area contributed by atoms with Crippen LogP contribution in [0.4, 0.5) is 4.79 Å². The van der Waals surface area contributed by atoms with Gasteiger partial charge in [-0.2, -0.15) is 12.6 Å². The lowest BCUT2D eigenvalue weighted by Crippen LogP contribution is -2.29. The standard InChI is InChI=1S/C12H17NO2S/c1-15-12(14)13-9-11(16)8-7-10-5-3-2-4-6-10/h2-6,11,16H,7-9H2,1H3,(H,13,14)/t11-/m0/s1. The number of hydrogen-bond donors (Lipinski definition) is 2. The molecule has 0 spiro atoms. The molecule has 3 nitrogen and oxygen atoms in total. The van der Waals surface area contributed by atoms with Crippen LogP contribution in [0.5, 0.6) is 0 Å². The van der Waals surface area contributed by atoms with Crippen LogP contribution in [-0.2, 0) is 11.2 Å². The molecule has 0 unspecified atom stereocenters. The number of carbonyl (C=O) groups is 1. The van der Waals surface area contributed by atoms with Gasteiger partial charge in [0.15, 0.2) is 0 Å². The van der Waals surface area contributed by atoms with Gasteiger partial charge >= 0.3 is 6.09 Å². The van der Waals surface area contributed by atoms with Crippen molar-refractivity contribution in [1.29, 1.82) is 0 Å². The van der Waals surface area contributed by atoms with Crippen molar-refractivity contribution in [3.63, 3.8) is 0 Å². The Morgan fingerprint density at radius 2 is 2.12 bits per heavy atom. The predicted octanol–water partition coefficient (Wildman–Crippen LogP) is 2.27. The van der Waals surface area contributed by atoms with Gasteiger partial charge in [-0.1, -0.05) is 30.3 Å². The highest BCUT2D eigenvalue weighted by Gasteiger charge is 2.05. The van der Waals surface area contributed by atoms with E-state index in [-0.39, 0.29) is 5.25 Å². The maximum Gasteiger partial charge on any atom is 0.406 e.